The van der Waals surface area contributed by atoms with E-state index in [-0.39, 0.29) is 5.41 Å². The van der Waals surface area contributed by atoms with Gasteiger partial charge in [0.25, 0.3) is 0 Å². The number of aromatic nitrogens is 1. The molecule has 1 aromatic rings. The average Bonchev–Trinajstić information content (AvgIpc) is 3.06. The van der Waals surface area contributed by atoms with Crippen LogP contribution in [0.3, 0.4) is 0 Å². The minimum absolute atomic E-state index is 0.135. The van der Waals surface area contributed by atoms with E-state index in [0.29, 0.717) is 18.4 Å². The fourth-order valence-electron chi connectivity index (χ4n) is 3.65. The van der Waals surface area contributed by atoms with Crippen molar-refractivity contribution in [1.82, 2.24) is 15.2 Å². The van der Waals surface area contributed by atoms with E-state index in [2.05, 4.69) is 10.3 Å². The molecule has 0 aromatic carbocycles. The Morgan fingerprint density at radius 2 is 2.53 bits per heavy atom. The second kappa shape index (κ2) is 5.21. The molecule has 1 amide bonds. The van der Waals surface area contributed by atoms with E-state index in [1.165, 1.54) is 19.3 Å². The van der Waals surface area contributed by atoms with E-state index in [1.807, 2.05) is 17.3 Å². The molecule has 0 bridgehead atoms. The molecule has 104 valence electrons. The van der Waals surface area contributed by atoms with Crippen molar-refractivity contribution in [2.75, 3.05) is 20.1 Å². The topological polar surface area (TPSA) is 45.2 Å². The first-order chi connectivity index (χ1) is 9.22. The Balaban J connectivity index is 1.74. The Kier molecular flexibility index (Phi) is 3.58. The predicted molar refractivity (Wildman–Crippen MR) is 75.8 cm³/mol. The van der Waals surface area contributed by atoms with Crippen LogP contribution < -0.4 is 5.32 Å². The van der Waals surface area contributed by atoms with Gasteiger partial charge in [-0.2, -0.15) is 0 Å². The fraction of sp³-hybridized carbons (Fsp3) is 0.714. The SMILES string of the molecule is CN(Cc1nccs1)C(=O)[C@@]12CCCC[C@H]1CNC2. The number of thiazole rings is 1. The minimum atomic E-state index is -0.135. The molecule has 1 N–H and O–H groups in total. The van der Waals surface area contributed by atoms with Crippen LogP contribution in [0.1, 0.15) is 30.7 Å². The highest BCUT2D eigenvalue weighted by Crippen LogP contribution is 2.45. The van der Waals surface area contributed by atoms with Crippen LogP contribution in [0.15, 0.2) is 11.6 Å². The zero-order valence-electron chi connectivity index (χ0n) is 11.4. The lowest BCUT2D eigenvalue weighted by Gasteiger charge is -2.39. The van der Waals surface area contributed by atoms with Crippen molar-refractivity contribution < 1.29 is 4.79 Å². The minimum Gasteiger partial charge on any atom is -0.338 e. The maximum Gasteiger partial charge on any atom is 0.230 e. The van der Waals surface area contributed by atoms with Crippen molar-refractivity contribution in [3.8, 4) is 0 Å². The lowest BCUT2D eigenvalue weighted by molar-refractivity contribution is -0.144. The normalized spacial score (nSPS) is 30.1. The molecule has 3 rings (SSSR count). The molecular formula is C14H21N3OS. The second-order valence-corrected chi connectivity index (χ2v) is 6.80. The van der Waals surface area contributed by atoms with Gasteiger partial charge in [0.05, 0.1) is 12.0 Å². The molecule has 1 saturated carbocycles. The van der Waals surface area contributed by atoms with Crippen LogP contribution in [0.5, 0.6) is 0 Å². The van der Waals surface area contributed by atoms with Gasteiger partial charge in [0, 0.05) is 25.2 Å². The van der Waals surface area contributed by atoms with Crippen molar-refractivity contribution in [1.29, 1.82) is 0 Å². The first kappa shape index (κ1) is 13.1. The smallest absolute Gasteiger partial charge is 0.230 e. The second-order valence-electron chi connectivity index (χ2n) is 5.82. The van der Waals surface area contributed by atoms with Gasteiger partial charge >= 0.3 is 0 Å². The molecule has 2 atom stereocenters. The molecule has 4 nitrogen and oxygen atoms in total. The number of fused-ring (bicyclic) bond motifs is 1. The van der Waals surface area contributed by atoms with Crippen LogP contribution in [0.2, 0.25) is 0 Å². The molecule has 1 aromatic heterocycles. The molecule has 19 heavy (non-hydrogen) atoms. The molecular weight excluding hydrogens is 258 g/mol. The summed E-state index contributed by atoms with van der Waals surface area (Å²) >= 11 is 1.62. The Morgan fingerprint density at radius 1 is 1.63 bits per heavy atom. The monoisotopic (exact) mass is 279 g/mol. The van der Waals surface area contributed by atoms with Crippen LogP contribution in [0.4, 0.5) is 0 Å². The summed E-state index contributed by atoms with van der Waals surface area (Å²) in [5.41, 5.74) is -0.135. The van der Waals surface area contributed by atoms with Crippen molar-refractivity contribution in [2.24, 2.45) is 11.3 Å². The number of hydrogen-bond acceptors (Lipinski definition) is 4. The standard InChI is InChI=1S/C14H21N3OS/c1-17(9-12-16-6-7-19-12)13(18)14-5-3-2-4-11(14)8-15-10-14/h6-7,11,15H,2-5,8-10H2,1H3/t11-,14+/m0/s1. The van der Waals surface area contributed by atoms with E-state index in [0.717, 1.165) is 24.5 Å². The summed E-state index contributed by atoms with van der Waals surface area (Å²) < 4.78 is 0. The van der Waals surface area contributed by atoms with Crippen LogP contribution >= 0.6 is 11.3 Å². The van der Waals surface area contributed by atoms with Crippen molar-refractivity contribution in [3.05, 3.63) is 16.6 Å². The number of carbonyl (C=O) groups is 1. The number of rotatable bonds is 3. The van der Waals surface area contributed by atoms with Crippen LogP contribution in [0.25, 0.3) is 0 Å². The zero-order chi connectivity index (χ0) is 13.3. The van der Waals surface area contributed by atoms with Gasteiger partial charge < -0.3 is 10.2 Å². The van der Waals surface area contributed by atoms with Gasteiger partial charge in [-0.3, -0.25) is 4.79 Å². The summed E-state index contributed by atoms with van der Waals surface area (Å²) in [6.45, 7) is 2.51. The van der Waals surface area contributed by atoms with E-state index in [1.54, 1.807) is 17.5 Å². The molecule has 1 saturated heterocycles. The Hall–Kier alpha value is -0.940. The molecule has 0 spiro atoms. The van der Waals surface area contributed by atoms with Gasteiger partial charge in [-0.05, 0) is 25.3 Å². The summed E-state index contributed by atoms with van der Waals surface area (Å²) in [6, 6.07) is 0. The highest BCUT2D eigenvalue weighted by molar-refractivity contribution is 7.09. The highest BCUT2D eigenvalue weighted by Gasteiger charge is 2.50. The number of hydrogen-bond donors (Lipinski definition) is 1. The van der Waals surface area contributed by atoms with Crippen molar-refractivity contribution in [3.63, 3.8) is 0 Å². The Bertz CT molecular complexity index is 448. The molecule has 2 heterocycles. The molecule has 0 unspecified atom stereocenters. The summed E-state index contributed by atoms with van der Waals surface area (Å²) in [5.74, 6) is 0.852. The number of nitrogens with one attached hydrogen (secondary N) is 1. The maximum absolute atomic E-state index is 12.9. The third kappa shape index (κ3) is 2.30. The van der Waals surface area contributed by atoms with Crippen LogP contribution in [-0.2, 0) is 11.3 Å². The van der Waals surface area contributed by atoms with Crippen molar-refractivity contribution >= 4 is 17.2 Å². The van der Waals surface area contributed by atoms with Gasteiger partial charge in [-0.15, -0.1) is 11.3 Å². The van der Waals surface area contributed by atoms with E-state index < -0.39 is 0 Å². The first-order valence-electron chi connectivity index (χ1n) is 7.07. The summed E-state index contributed by atoms with van der Waals surface area (Å²) in [7, 11) is 1.92. The number of carbonyl (C=O) groups excluding carboxylic acids is 1. The van der Waals surface area contributed by atoms with Gasteiger partial charge in [-0.1, -0.05) is 12.8 Å². The summed E-state index contributed by atoms with van der Waals surface area (Å²) in [6.07, 6.45) is 6.51. The lowest BCUT2D eigenvalue weighted by atomic mass is 9.67. The quantitative estimate of drug-likeness (QED) is 0.919. The average molecular weight is 279 g/mol. The third-order valence-corrected chi connectivity index (χ3v) is 5.43. The highest BCUT2D eigenvalue weighted by atomic mass is 32.1. The number of amides is 1. The molecule has 2 fully saturated rings. The largest absolute Gasteiger partial charge is 0.338 e. The zero-order valence-corrected chi connectivity index (χ0v) is 12.2. The van der Waals surface area contributed by atoms with Gasteiger partial charge in [0.2, 0.25) is 5.91 Å². The van der Waals surface area contributed by atoms with Crippen LogP contribution in [-0.4, -0.2) is 35.9 Å². The van der Waals surface area contributed by atoms with E-state index in [9.17, 15) is 4.79 Å². The molecule has 1 aliphatic carbocycles. The summed E-state index contributed by atoms with van der Waals surface area (Å²) in [4.78, 5) is 19.0. The van der Waals surface area contributed by atoms with Crippen LogP contribution in [0, 0.1) is 11.3 Å². The Morgan fingerprint density at radius 3 is 3.32 bits per heavy atom. The van der Waals surface area contributed by atoms with E-state index in [4.69, 9.17) is 0 Å². The van der Waals surface area contributed by atoms with Crippen molar-refractivity contribution in [2.45, 2.75) is 32.2 Å². The summed E-state index contributed by atoms with van der Waals surface area (Å²) in [5, 5.41) is 6.42. The number of nitrogens with zero attached hydrogens (tertiary/aromatic N) is 2. The van der Waals surface area contributed by atoms with Gasteiger partial charge in [0.1, 0.15) is 5.01 Å². The molecule has 1 aliphatic heterocycles. The van der Waals surface area contributed by atoms with Gasteiger partial charge in [-0.25, -0.2) is 4.98 Å². The maximum atomic E-state index is 12.9. The predicted octanol–water partition coefficient (Wildman–Crippen LogP) is 1.88. The Labute approximate surface area is 118 Å². The lowest BCUT2D eigenvalue weighted by Crippen LogP contribution is -2.48. The van der Waals surface area contributed by atoms with E-state index >= 15 is 0 Å². The van der Waals surface area contributed by atoms with Gasteiger partial charge in [0.15, 0.2) is 0 Å². The molecule has 5 heteroatoms. The third-order valence-electron chi connectivity index (χ3n) is 4.67. The fourth-order valence-corrected chi connectivity index (χ4v) is 4.32. The molecule has 2 aliphatic rings. The first-order valence-corrected chi connectivity index (χ1v) is 7.95. The molecule has 0 radical (unpaired) electrons.